The highest BCUT2D eigenvalue weighted by Gasteiger charge is 2.17. The molecule has 1 saturated heterocycles. The van der Waals surface area contributed by atoms with Crippen molar-refractivity contribution >= 4 is 11.5 Å². The fourth-order valence-corrected chi connectivity index (χ4v) is 3.14. The maximum Gasteiger partial charge on any atom is 0.227 e. The van der Waals surface area contributed by atoms with Gasteiger partial charge in [-0.15, -0.1) is 0 Å². The van der Waals surface area contributed by atoms with Crippen LogP contribution in [0.25, 0.3) is 0 Å². The summed E-state index contributed by atoms with van der Waals surface area (Å²) in [5, 5.41) is 0. The number of aryl methyl sites for hydroxylation is 2. The third-order valence-corrected chi connectivity index (χ3v) is 4.64. The van der Waals surface area contributed by atoms with Gasteiger partial charge in [-0.1, -0.05) is 29.8 Å². The van der Waals surface area contributed by atoms with Gasteiger partial charge in [0.2, 0.25) is 12.3 Å². The van der Waals surface area contributed by atoms with E-state index in [1.807, 2.05) is 42.0 Å². The Labute approximate surface area is 138 Å². The average Bonchev–Trinajstić information content (AvgIpc) is 2.58. The lowest BCUT2D eigenvalue weighted by Gasteiger charge is -2.28. The number of pyridine rings is 1. The first-order chi connectivity index (χ1) is 11.1. The zero-order valence-corrected chi connectivity index (χ0v) is 14.1. The molecule has 3 nitrogen and oxygen atoms in total. The zero-order valence-electron chi connectivity index (χ0n) is 14.1. The number of nitrogens with zero attached hydrogens (tertiary/aromatic N) is 2. The molecule has 0 radical (unpaired) electrons. The molecule has 1 aliphatic heterocycles. The van der Waals surface area contributed by atoms with E-state index >= 15 is 0 Å². The highest BCUT2D eigenvalue weighted by atomic mass is 16.1. The van der Waals surface area contributed by atoms with E-state index in [1.165, 1.54) is 30.5 Å². The molecule has 0 N–H and O–H groups in total. The first kappa shape index (κ1) is 15.7. The van der Waals surface area contributed by atoms with E-state index in [-0.39, 0.29) is 5.78 Å². The Bertz CT molecular complexity index is 685. The standard InChI is InChI=1S/C20H25N2O/c1-16-6-8-18(9-7-16)20(23)15-22-13-10-19(14-17(22)2)21-11-4-3-5-12-21/h6-10,13-14H,3-5,11-12,15H2,1-2H3/q+1. The van der Waals surface area contributed by atoms with Crippen LogP contribution in [0, 0.1) is 13.8 Å². The van der Waals surface area contributed by atoms with Gasteiger partial charge in [-0.25, -0.2) is 0 Å². The molecule has 0 amide bonds. The minimum absolute atomic E-state index is 0.156. The minimum atomic E-state index is 0.156. The summed E-state index contributed by atoms with van der Waals surface area (Å²) in [6, 6.07) is 12.1. The lowest BCUT2D eigenvalue weighted by Crippen LogP contribution is -2.41. The predicted octanol–water partition coefficient (Wildman–Crippen LogP) is 3.46. The van der Waals surface area contributed by atoms with Crippen molar-refractivity contribution in [3.05, 3.63) is 59.4 Å². The lowest BCUT2D eigenvalue weighted by molar-refractivity contribution is -0.689. The molecule has 1 aromatic heterocycles. The Hall–Kier alpha value is -2.16. The van der Waals surface area contributed by atoms with E-state index in [1.54, 1.807) is 0 Å². The highest BCUT2D eigenvalue weighted by molar-refractivity contribution is 5.95. The number of aromatic nitrogens is 1. The van der Waals surface area contributed by atoms with Crippen molar-refractivity contribution < 1.29 is 9.36 Å². The minimum Gasteiger partial charge on any atom is -0.371 e. The first-order valence-electron chi connectivity index (χ1n) is 8.48. The van der Waals surface area contributed by atoms with Crippen LogP contribution >= 0.6 is 0 Å². The largest absolute Gasteiger partial charge is 0.371 e. The summed E-state index contributed by atoms with van der Waals surface area (Å²) in [5.41, 5.74) is 4.37. The van der Waals surface area contributed by atoms with E-state index in [2.05, 4.69) is 24.0 Å². The van der Waals surface area contributed by atoms with Crippen LogP contribution in [-0.4, -0.2) is 18.9 Å². The van der Waals surface area contributed by atoms with Gasteiger partial charge in [-0.05, 0) is 26.2 Å². The molecule has 0 atom stereocenters. The van der Waals surface area contributed by atoms with Gasteiger partial charge < -0.3 is 4.90 Å². The molecule has 1 aliphatic rings. The number of benzene rings is 1. The molecule has 120 valence electrons. The topological polar surface area (TPSA) is 24.2 Å². The molecule has 3 heteroatoms. The number of piperidine rings is 1. The Morgan fingerprint density at radius 2 is 1.74 bits per heavy atom. The van der Waals surface area contributed by atoms with Crippen molar-refractivity contribution in [2.24, 2.45) is 0 Å². The molecular formula is C20H25N2O+. The fourth-order valence-electron chi connectivity index (χ4n) is 3.14. The number of ketones is 1. The number of Topliss-reactive ketones (excluding diaryl/α,β-unsaturated/α-hetero) is 1. The molecule has 0 unspecified atom stereocenters. The zero-order chi connectivity index (χ0) is 16.2. The molecule has 1 fully saturated rings. The number of anilines is 1. The van der Waals surface area contributed by atoms with Gasteiger partial charge in [0.1, 0.15) is 0 Å². The summed E-state index contributed by atoms with van der Waals surface area (Å²) >= 11 is 0. The van der Waals surface area contributed by atoms with Crippen LogP contribution in [0.15, 0.2) is 42.6 Å². The van der Waals surface area contributed by atoms with E-state index in [0.29, 0.717) is 6.54 Å². The molecule has 3 rings (SSSR count). The van der Waals surface area contributed by atoms with E-state index in [0.717, 1.165) is 24.3 Å². The van der Waals surface area contributed by atoms with E-state index in [9.17, 15) is 4.79 Å². The maximum absolute atomic E-state index is 12.4. The second-order valence-electron chi connectivity index (χ2n) is 6.49. The number of hydrogen-bond acceptors (Lipinski definition) is 2. The number of carbonyl (C=O) groups is 1. The van der Waals surface area contributed by atoms with Gasteiger partial charge in [-0.2, -0.15) is 4.57 Å². The van der Waals surface area contributed by atoms with Crippen molar-refractivity contribution in [1.82, 2.24) is 0 Å². The van der Waals surface area contributed by atoms with Gasteiger partial charge in [0.25, 0.3) is 0 Å². The molecule has 0 aliphatic carbocycles. The second kappa shape index (κ2) is 6.95. The number of hydrogen-bond donors (Lipinski definition) is 0. The summed E-state index contributed by atoms with van der Waals surface area (Å²) in [5.74, 6) is 0.156. The van der Waals surface area contributed by atoms with Gasteiger partial charge in [0, 0.05) is 43.4 Å². The summed E-state index contributed by atoms with van der Waals surface area (Å²) in [6.45, 7) is 6.80. The second-order valence-corrected chi connectivity index (χ2v) is 6.49. The molecule has 0 bridgehead atoms. The third-order valence-electron chi connectivity index (χ3n) is 4.64. The van der Waals surface area contributed by atoms with Gasteiger partial charge in [-0.3, -0.25) is 4.79 Å². The predicted molar refractivity (Wildman–Crippen MR) is 92.9 cm³/mol. The first-order valence-corrected chi connectivity index (χ1v) is 8.48. The van der Waals surface area contributed by atoms with Crippen molar-refractivity contribution in [3.63, 3.8) is 0 Å². The summed E-state index contributed by atoms with van der Waals surface area (Å²) in [7, 11) is 0. The third kappa shape index (κ3) is 3.79. The van der Waals surface area contributed by atoms with Gasteiger partial charge in [0.15, 0.2) is 11.9 Å². The Balaban J connectivity index is 1.73. The van der Waals surface area contributed by atoms with Gasteiger partial charge >= 0.3 is 0 Å². The fraction of sp³-hybridized carbons (Fsp3) is 0.400. The average molecular weight is 309 g/mol. The Morgan fingerprint density at radius 1 is 1.04 bits per heavy atom. The van der Waals surface area contributed by atoms with Crippen LogP contribution in [0.2, 0.25) is 0 Å². The molecule has 0 spiro atoms. The van der Waals surface area contributed by atoms with E-state index < -0.39 is 0 Å². The van der Waals surface area contributed by atoms with Crippen molar-refractivity contribution in [1.29, 1.82) is 0 Å². The summed E-state index contributed by atoms with van der Waals surface area (Å²) in [6.07, 6.45) is 5.94. The van der Waals surface area contributed by atoms with Crippen LogP contribution < -0.4 is 9.47 Å². The molecule has 1 aromatic carbocycles. The number of rotatable bonds is 4. The SMILES string of the molecule is Cc1ccc(C(=O)C[n+]2ccc(N3CCCCC3)cc2C)cc1. The van der Waals surface area contributed by atoms with Crippen molar-refractivity contribution in [3.8, 4) is 0 Å². The highest BCUT2D eigenvalue weighted by Crippen LogP contribution is 2.19. The van der Waals surface area contributed by atoms with Crippen LogP contribution in [0.5, 0.6) is 0 Å². The van der Waals surface area contributed by atoms with Crippen molar-refractivity contribution in [2.75, 3.05) is 18.0 Å². The van der Waals surface area contributed by atoms with Gasteiger partial charge in [0.05, 0.1) is 0 Å². The molecule has 23 heavy (non-hydrogen) atoms. The lowest BCUT2D eigenvalue weighted by atomic mass is 10.1. The van der Waals surface area contributed by atoms with Crippen LogP contribution in [0.3, 0.4) is 0 Å². The Kier molecular flexibility index (Phi) is 4.75. The summed E-state index contributed by atoms with van der Waals surface area (Å²) < 4.78 is 2.04. The smallest absolute Gasteiger partial charge is 0.227 e. The van der Waals surface area contributed by atoms with Crippen LogP contribution in [0.1, 0.15) is 40.9 Å². The molecule has 2 aromatic rings. The normalized spacial score (nSPS) is 14.8. The van der Waals surface area contributed by atoms with Crippen LogP contribution in [-0.2, 0) is 6.54 Å². The van der Waals surface area contributed by atoms with Crippen molar-refractivity contribution in [2.45, 2.75) is 39.7 Å². The van der Waals surface area contributed by atoms with Crippen LogP contribution in [0.4, 0.5) is 5.69 Å². The molecule has 0 saturated carbocycles. The quantitative estimate of drug-likeness (QED) is 0.638. The monoisotopic (exact) mass is 309 g/mol. The molecule has 2 heterocycles. The maximum atomic E-state index is 12.4. The molecular weight excluding hydrogens is 284 g/mol. The summed E-state index contributed by atoms with van der Waals surface area (Å²) in [4.78, 5) is 14.9. The van der Waals surface area contributed by atoms with E-state index in [4.69, 9.17) is 0 Å². The number of carbonyl (C=O) groups excluding carboxylic acids is 1. The Morgan fingerprint density at radius 3 is 2.39 bits per heavy atom.